The first-order valence-corrected chi connectivity index (χ1v) is 6.84. The van der Waals surface area contributed by atoms with Gasteiger partial charge in [0.25, 0.3) is 0 Å². The van der Waals surface area contributed by atoms with E-state index in [9.17, 15) is 4.79 Å². The van der Waals surface area contributed by atoms with Gasteiger partial charge in [-0.1, -0.05) is 0 Å². The molecule has 1 aromatic carbocycles. The van der Waals surface area contributed by atoms with E-state index in [-0.39, 0.29) is 0 Å². The van der Waals surface area contributed by atoms with Crippen molar-refractivity contribution in [3.05, 3.63) is 23.8 Å². The minimum atomic E-state index is 0.395. The van der Waals surface area contributed by atoms with E-state index in [1.807, 2.05) is 18.2 Å². The van der Waals surface area contributed by atoms with Crippen LogP contribution in [-0.2, 0) is 4.79 Å². The first kappa shape index (κ1) is 12.0. The van der Waals surface area contributed by atoms with E-state index in [2.05, 4.69) is 16.3 Å². The maximum atomic E-state index is 11.4. The molecular weight excluding hydrogens is 238 g/mol. The Hall–Kier alpha value is -2.02. The first-order valence-electron chi connectivity index (χ1n) is 6.84. The molecule has 98 valence electrons. The van der Waals surface area contributed by atoms with Crippen LogP contribution in [0.5, 0.6) is 0 Å². The van der Waals surface area contributed by atoms with E-state index < -0.39 is 0 Å². The standard InChI is InChI=1S/C15H17N3O/c16-10-11-1-6-15-14(9-11)17-7-8-18(15)12-2-4-13(19)5-3-12/h1,6,9,12,17H,2-5,7-8H2. The predicted molar refractivity (Wildman–Crippen MR) is 74.3 cm³/mol. The second-order valence-corrected chi connectivity index (χ2v) is 5.23. The Morgan fingerprint density at radius 2 is 2.11 bits per heavy atom. The molecule has 0 spiro atoms. The highest BCUT2D eigenvalue weighted by Crippen LogP contribution is 2.34. The fraction of sp³-hybridized carbons (Fsp3) is 0.467. The van der Waals surface area contributed by atoms with Crippen LogP contribution in [0.25, 0.3) is 0 Å². The summed E-state index contributed by atoms with van der Waals surface area (Å²) in [7, 11) is 0. The number of anilines is 2. The molecule has 1 aromatic rings. The summed E-state index contributed by atoms with van der Waals surface area (Å²) < 4.78 is 0. The lowest BCUT2D eigenvalue weighted by molar-refractivity contribution is -0.120. The van der Waals surface area contributed by atoms with Gasteiger partial charge in [0.1, 0.15) is 5.78 Å². The number of nitriles is 1. The SMILES string of the molecule is N#Cc1ccc2c(c1)NCCN2C1CCC(=O)CC1. The number of nitrogens with zero attached hydrogens (tertiary/aromatic N) is 2. The van der Waals surface area contributed by atoms with Crippen LogP contribution < -0.4 is 10.2 Å². The van der Waals surface area contributed by atoms with Crippen molar-refractivity contribution < 1.29 is 4.79 Å². The van der Waals surface area contributed by atoms with Gasteiger partial charge in [-0.3, -0.25) is 4.79 Å². The zero-order valence-corrected chi connectivity index (χ0v) is 10.9. The largest absolute Gasteiger partial charge is 0.382 e. The van der Waals surface area contributed by atoms with Crippen LogP contribution in [-0.4, -0.2) is 24.9 Å². The van der Waals surface area contributed by atoms with Crippen molar-refractivity contribution in [1.29, 1.82) is 5.26 Å². The van der Waals surface area contributed by atoms with Crippen LogP contribution in [0.1, 0.15) is 31.2 Å². The topological polar surface area (TPSA) is 56.1 Å². The summed E-state index contributed by atoms with van der Waals surface area (Å²) in [5, 5.41) is 12.3. The highest BCUT2D eigenvalue weighted by molar-refractivity contribution is 5.80. The van der Waals surface area contributed by atoms with E-state index in [0.717, 1.165) is 31.6 Å². The summed E-state index contributed by atoms with van der Waals surface area (Å²) in [5.74, 6) is 0.395. The summed E-state index contributed by atoms with van der Waals surface area (Å²) in [5.41, 5.74) is 2.90. The Labute approximate surface area is 113 Å². The summed E-state index contributed by atoms with van der Waals surface area (Å²) in [6, 6.07) is 8.44. The van der Waals surface area contributed by atoms with Crippen molar-refractivity contribution in [2.75, 3.05) is 23.3 Å². The number of hydrogen-bond donors (Lipinski definition) is 1. The molecule has 1 heterocycles. The van der Waals surface area contributed by atoms with Crippen molar-refractivity contribution in [3.63, 3.8) is 0 Å². The minimum Gasteiger partial charge on any atom is -0.382 e. The third-order valence-electron chi connectivity index (χ3n) is 4.06. The lowest BCUT2D eigenvalue weighted by Crippen LogP contribution is -2.43. The van der Waals surface area contributed by atoms with E-state index in [0.29, 0.717) is 30.2 Å². The molecule has 1 aliphatic heterocycles. The van der Waals surface area contributed by atoms with Crippen LogP contribution in [0.3, 0.4) is 0 Å². The normalized spacial score (nSPS) is 19.5. The van der Waals surface area contributed by atoms with Gasteiger partial charge in [-0.15, -0.1) is 0 Å². The second kappa shape index (κ2) is 4.93. The van der Waals surface area contributed by atoms with Gasteiger partial charge in [-0.2, -0.15) is 5.26 Å². The molecular formula is C15H17N3O. The molecule has 1 saturated carbocycles. The van der Waals surface area contributed by atoms with Crippen LogP contribution >= 0.6 is 0 Å². The summed E-state index contributed by atoms with van der Waals surface area (Å²) in [4.78, 5) is 13.8. The molecule has 0 saturated heterocycles. The Morgan fingerprint density at radius 1 is 1.32 bits per heavy atom. The predicted octanol–water partition coefficient (Wildman–Crippen LogP) is 2.30. The quantitative estimate of drug-likeness (QED) is 0.836. The molecule has 2 aliphatic rings. The molecule has 4 heteroatoms. The number of Topliss-reactive ketones (excluding diaryl/α,β-unsaturated/α-hetero) is 1. The molecule has 1 aliphatic carbocycles. The van der Waals surface area contributed by atoms with Gasteiger partial charge in [-0.25, -0.2) is 0 Å². The molecule has 0 radical (unpaired) electrons. The van der Waals surface area contributed by atoms with E-state index in [1.165, 1.54) is 5.69 Å². The van der Waals surface area contributed by atoms with Crippen molar-refractivity contribution in [3.8, 4) is 6.07 Å². The minimum absolute atomic E-state index is 0.395. The first-order chi connectivity index (χ1) is 9.28. The van der Waals surface area contributed by atoms with Gasteiger partial charge in [0.15, 0.2) is 0 Å². The number of rotatable bonds is 1. The number of nitrogens with one attached hydrogen (secondary N) is 1. The molecule has 0 amide bonds. The molecule has 0 atom stereocenters. The molecule has 0 bridgehead atoms. The Balaban J connectivity index is 1.86. The third kappa shape index (κ3) is 2.28. The molecule has 0 unspecified atom stereocenters. The molecule has 1 fully saturated rings. The third-order valence-corrected chi connectivity index (χ3v) is 4.06. The van der Waals surface area contributed by atoms with Gasteiger partial charge in [0.2, 0.25) is 0 Å². The number of hydrogen-bond acceptors (Lipinski definition) is 4. The second-order valence-electron chi connectivity index (χ2n) is 5.23. The maximum absolute atomic E-state index is 11.4. The van der Waals surface area contributed by atoms with Gasteiger partial charge in [0.05, 0.1) is 23.0 Å². The molecule has 19 heavy (non-hydrogen) atoms. The van der Waals surface area contributed by atoms with Gasteiger partial charge < -0.3 is 10.2 Å². The monoisotopic (exact) mass is 255 g/mol. The van der Waals surface area contributed by atoms with Crippen LogP contribution in [0.15, 0.2) is 18.2 Å². The average molecular weight is 255 g/mol. The summed E-state index contributed by atoms with van der Waals surface area (Å²) in [6.07, 6.45) is 3.33. The number of benzene rings is 1. The number of carbonyl (C=O) groups excluding carboxylic acids is 1. The number of ketones is 1. The number of fused-ring (bicyclic) bond motifs is 1. The molecule has 0 aromatic heterocycles. The lowest BCUT2D eigenvalue weighted by atomic mass is 9.92. The van der Waals surface area contributed by atoms with Crippen LogP contribution in [0.2, 0.25) is 0 Å². The van der Waals surface area contributed by atoms with Crippen molar-refractivity contribution in [2.24, 2.45) is 0 Å². The Kier molecular flexibility index (Phi) is 3.12. The average Bonchev–Trinajstić information content (AvgIpc) is 2.47. The van der Waals surface area contributed by atoms with E-state index >= 15 is 0 Å². The zero-order chi connectivity index (χ0) is 13.2. The Bertz CT molecular complexity index is 537. The van der Waals surface area contributed by atoms with Gasteiger partial charge in [0, 0.05) is 32.0 Å². The molecule has 1 N–H and O–H groups in total. The lowest BCUT2D eigenvalue weighted by Gasteiger charge is -2.40. The zero-order valence-electron chi connectivity index (χ0n) is 10.9. The van der Waals surface area contributed by atoms with Gasteiger partial charge >= 0.3 is 0 Å². The molecule has 4 nitrogen and oxygen atoms in total. The summed E-state index contributed by atoms with van der Waals surface area (Å²) in [6.45, 7) is 1.87. The van der Waals surface area contributed by atoms with Crippen LogP contribution in [0.4, 0.5) is 11.4 Å². The van der Waals surface area contributed by atoms with Crippen LogP contribution in [0, 0.1) is 11.3 Å². The van der Waals surface area contributed by atoms with Crippen molar-refractivity contribution in [2.45, 2.75) is 31.7 Å². The highest BCUT2D eigenvalue weighted by atomic mass is 16.1. The number of carbonyl (C=O) groups is 1. The van der Waals surface area contributed by atoms with Crippen molar-refractivity contribution in [1.82, 2.24) is 0 Å². The van der Waals surface area contributed by atoms with E-state index in [1.54, 1.807) is 0 Å². The maximum Gasteiger partial charge on any atom is 0.133 e. The Morgan fingerprint density at radius 3 is 2.84 bits per heavy atom. The molecule has 3 rings (SSSR count). The smallest absolute Gasteiger partial charge is 0.133 e. The van der Waals surface area contributed by atoms with Crippen molar-refractivity contribution >= 4 is 17.2 Å². The van der Waals surface area contributed by atoms with E-state index in [4.69, 9.17) is 5.26 Å². The summed E-state index contributed by atoms with van der Waals surface area (Å²) >= 11 is 0. The van der Waals surface area contributed by atoms with Gasteiger partial charge in [-0.05, 0) is 31.0 Å². The fourth-order valence-corrected chi connectivity index (χ4v) is 3.04. The fourth-order valence-electron chi connectivity index (χ4n) is 3.04. The highest BCUT2D eigenvalue weighted by Gasteiger charge is 2.27.